The van der Waals surface area contributed by atoms with Crippen LogP contribution in [0.15, 0.2) is 71.0 Å². The van der Waals surface area contributed by atoms with E-state index in [9.17, 15) is 0 Å². The average Bonchev–Trinajstić information content (AvgIpc) is 2.68. The molecule has 0 spiro atoms. The minimum atomic E-state index is 0.522. The van der Waals surface area contributed by atoms with Gasteiger partial charge in [-0.15, -0.1) is 0 Å². The van der Waals surface area contributed by atoms with Gasteiger partial charge in [-0.3, -0.25) is 4.98 Å². The van der Waals surface area contributed by atoms with Crippen LogP contribution in [-0.2, 0) is 0 Å². The first-order chi connectivity index (χ1) is 13.1. The molecule has 6 heteroatoms. The van der Waals surface area contributed by atoms with Crippen molar-refractivity contribution in [2.45, 2.75) is 23.8 Å². The molecule has 5 nitrogen and oxygen atoms in total. The first kappa shape index (κ1) is 17.3. The Kier molecular flexibility index (Phi) is 4.64. The highest BCUT2D eigenvalue weighted by Crippen LogP contribution is 2.36. The second kappa shape index (κ2) is 7.25. The molecule has 0 fully saturated rings. The molecule has 0 saturated carbocycles. The Balaban J connectivity index is 1.66. The predicted octanol–water partition coefficient (Wildman–Crippen LogP) is 5.12. The lowest BCUT2D eigenvalue weighted by Crippen LogP contribution is -2.02. The number of benzene rings is 2. The predicted molar refractivity (Wildman–Crippen MR) is 112 cm³/mol. The highest BCUT2D eigenvalue weighted by molar-refractivity contribution is 7.99. The van der Waals surface area contributed by atoms with Crippen LogP contribution in [0.2, 0.25) is 0 Å². The van der Waals surface area contributed by atoms with Gasteiger partial charge in [-0.2, -0.15) is 0 Å². The van der Waals surface area contributed by atoms with Crippen molar-refractivity contribution in [3.8, 4) is 0 Å². The molecule has 4 aromatic rings. The first-order valence-electron chi connectivity index (χ1n) is 8.58. The summed E-state index contributed by atoms with van der Waals surface area (Å²) in [4.78, 5) is 14.2. The molecular weight excluding hydrogens is 354 g/mol. The minimum absolute atomic E-state index is 0.522. The largest absolute Gasteiger partial charge is 0.394 e. The summed E-state index contributed by atoms with van der Waals surface area (Å²) in [6, 6.07) is 16.2. The molecule has 0 radical (unpaired) electrons. The van der Waals surface area contributed by atoms with E-state index in [2.05, 4.69) is 46.2 Å². The van der Waals surface area contributed by atoms with Gasteiger partial charge in [0, 0.05) is 22.2 Å². The number of pyridine rings is 1. The Hall–Kier alpha value is -3.12. The van der Waals surface area contributed by atoms with Crippen LogP contribution in [0.4, 0.5) is 17.2 Å². The summed E-state index contributed by atoms with van der Waals surface area (Å²) in [5.74, 6) is 0.601. The summed E-state index contributed by atoms with van der Waals surface area (Å²) in [5.41, 5.74) is 11.2. The van der Waals surface area contributed by atoms with Crippen LogP contribution in [0.1, 0.15) is 11.1 Å². The number of nitrogens with one attached hydrogen (secondary N) is 1. The molecule has 0 aliphatic rings. The molecule has 0 atom stereocenters. The molecule has 4 rings (SSSR count). The fourth-order valence-electron chi connectivity index (χ4n) is 2.78. The normalized spacial score (nSPS) is 10.9. The zero-order valence-electron chi connectivity index (χ0n) is 15.1. The average molecular weight is 373 g/mol. The van der Waals surface area contributed by atoms with Gasteiger partial charge in [0.2, 0.25) is 0 Å². The number of para-hydroxylation sites is 1. The number of nitrogens with two attached hydrogens (primary N) is 1. The third-order valence-corrected chi connectivity index (χ3v) is 5.49. The maximum absolute atomic E-state index is 6.36. The van der Waals surface area contributed by atoms with E-state index in [-0.39, 0.29) is 0 Å². The van der Waals surface area contributed by atoms with Gasteiger partial charge in [0.05, 0.1) is 5.52 Å². The lowest BCUT2D eigenvalue weighted by atomic mass is 10.1. The van der Waals surface area contributed by atoms with Gasteiger partial charge in [-0.05, 0) is 49.2 Å². The maximum atomic E-state index is 6.36. The number of aromatic nitrogens is 3. The van der Waals surface area contributed by atoms with E-state index in [4.69, 9.17) is 5.73 Å². The molecule has 27 heavy (non-hydrogen) atoms. The molecule has 0 bridgehead atoms. The third kappa shape index (κ3) is 3.57. The minimum Gasteiger partial charge on any atom is -0.394 e. The van der Waals surface area contributed by atoms with Crippen LogP contribution < -0.4 is 11.1 Å². The van der Waals surface area contributed by atoms with Gasteiger partial charge in [-0.1, -0.05) is 36.0 Å². The maximum Gasteiger partial charge on any atom is 0.158 e. The molecule has 2 aromatic heterocycles. The Bertz CT molecular complexity index is 1120. The smallest absolute Gasteiger partial charge is 0.158 e. The van der Waals surface area contributed by atoms with Gasteiger partial charge >= 0.3 is 0 Å². The van der Waals surface area contributed by atoms with Crippen molar-refractivity contribution < 1.29 is 0 Å². The van der Waals surface area contributed by atoms with Crippen molar-refractivity contribution in [2.75, 3.05) is 11.1 Å². The zero-order chi connectivity index (χ0) is 18.8. The molecule has 0 aliphatic heterocycles. The summed E-state index contributed by atoms with van der Waals surface area (Å²) >= 11 is 1.50. The monoisotopic (exact) mass is 373 g/mol. The standard InChI is InChI=1S/C21H19N5S/c1-13-8-9-16(11-14(13)2)26-20-18(22)21(25-12-24-20)27-17-7-3-5-15-6-4-10-23-19(15)17/h3-12H,22H2,1-2H3,(H,24,25,26). The molecule has 2 aromatic carbocycles. The molecule has 3 N–H and O–H groups in total. The highest BCUT2D eigenvalue weighted by atomic mass is 32.2. The number of fused-ring (bicyclic) bond motifs is 1. The summed E-state index contributed by atoms with van der Waals surface area (Å²) < 4.78 is 0. The zero-order valence-corrected chi connectivity index (χ0v) is 15.9. The van der Waals surface area contributed by atoms with Crippen molar-refractivity contribution in [1.29, 1.82) is 0 Å². The number of nitrogen functional groups attached to an aromatic ring is 1. The summed E-state index contributed by atoms with van der Waals surface area (Å²) in [5, 5.41) is 5.09. The van der Waals surface area contributed by atoms with E-state index in [0.717, 1.165) is 21.5 Å². The van der Waals surface area contributed by atoms with Gasteiger partial charge < -0.3 is 11.1 Å². The molecule has 0 saturated heterocycles. The number of hydrogen-bond donors (Lipinski definition) is 2. The fourth-order valence-corrected chi connectivity index (χ4v) is 3.71. The van der Waals surface area contributed by atoms with Crippen molar-refractivity contribution in [2.24, 2.45) is 0 Å². The van der Waals surface area contributed by atoms with Gasteiger partial charge in [0.15, 0.2) is 5.82 Å². The Morgan fingerprint density at radius 1 is 0.926 bits per heavy atom. The summed E-state index contributed by atoms with van der Waals surface area (Å²) in [6.45, 7) is 4.17. The highest BCUT2D eigenvalue weighted by Gasteiger charge is 2.12. The molecule has 0 unspecified atom stereocenters. The number of anilines is 3. The van der Waals surface area contributed by atoms with Crippen LogP contribution in [0, 0.1) is 13.8 Å². The fraction of sp³-hybridized carbons (Fsp3) is 0.0952. The molecule has 0 aliphatic carbocycles. The quantitative estimate of drug-likeness (QED) is 0.484. The summed E-state index contributed by atoms with van der Waals surface area (Å²) in [7, 11) is 0. The Labute approximate surface area is 162 Å². The van der Waals surface area contributed by atoms with E-state index in [1.165, 1.54) is 29.2 Å². The number of rotatable bonds is 4. The Morgan fingerprint density at radius 2 is 1.78 bits per heavy atom. The van der Waals surface area contributed by atoms with Crippen molar-refractivity contribution in [3.63, 3.8) is 0 Å². The van der Waals surface area contributed by atoms with Crippen LogP contribution in [-0.4, -0.2) is 15.0 Å². The van der Waals surface area contributed by atoms with E-state index < -0.39 is 0 Å². The lowest BCUT2D eigenvalue weighted by molar-refractivity contribution is 1.06. The number of aryl methyl sites for hydroxylation is 2. The van der Waals surface area contributed by atoms with Crippen LogP contribution in [0.25, 0.3) is 10.9 Å². The van der Waals surface area contributed by atoms with Crippen molar-refractivity contribution >= 4 is 39.9 Å². The summed E-state index contributed by atoms with van der Waals surface area (Å²) in [6.07, 6.45) is 3.32. The topological polar surface area (TPSA) is 76.7 Å². The second-order valence-corrected chi connectivity index (χ2v) is 7.33. The molecular formula is C21H19N5S. The SMILES string of the molecule is Cc1ccc(Nc2ncnc(Sc3cccc4cccnc34)c2N)cc1C. The Morgan fingerprint density at radius 3 is 2.63 bits per heavy atom. The number of hydrogen-bond acceptors (Lipinski definition) is 6. The van der Waals surface area contributed by atoms with E-state index in [1.54, 1.807) is 6.20 Å². The van der Waals surface area contributed by atoms with Crippen LogP contribution in [0.5, 0.6) is 0 Å². The second-order valence-electron chi connectivity index (χ2n) is 6.30. The third-order valence-electron chi connectivity index (χ3n) is 4.42. The first-order valence-corrected chi connectivity index (χ1v) is 9.40. The molecule has 0 amide bonds. The van der Waals surface area contributed by atoms with Crippen LogP contribution in [0.3, 0.4) is 0 Å². The molecule has 2 heterocycles. The van der Waals surface area contributed by atoms with E-state index in [1.807, 2.05) is 36.4 Å². The molecule has 134 valence electrons. The van der Waals surface area contributed by atoms with Crippen molar-refractivity contribution in [1.82, 2.24) is 15.0 Å². The van der Waals surface area contributed by atoms with Gasteiger partial charge in [0.25, 0.3) is 0 Å². The van der Waals surface area contributed by atoms with E-state index >= 15 is 0 Å². The van der Waals surface area contributed by atoms with Crippen molar-refractivity contribution in [3.05, 3.63) is 72.2 Å². The van der Waals surface area contributed by atoms with E-state index in [0.29, 0.717) is 16.5 Å². The van der Waals surface area contributed by atoms with Gasteiger partial charge in [-0.25, -0.2) is 9.97 Å². The van der Waals surface area contributed by atoms with Gasteiger partial charge in [0.1, 0.15) is 17.0 Å². The number of nitrogens with zero attached hydrogens (tertiary/aromatic N) is 3. The van der Waals surface area contributed by atoms with Crippen LogP contribution >= 0.6 is 11.8 Å². The lowest BCUT2D eigenvalue weighted by Gasteiger charge is -2.12.